The zero-order valence-electron chi connectivity index (χ0n) is 11.5. The van der Waals surface area contributed by atoms with Crippen LogP contribution in [0.25, 0.3) is 0 Å². The number of likely N-dealkylation sites (tertiary alicyclic amines) is 1. The van der Waals surface area contributed by atoms with Crippen LogP contribution in [-0.2, 0) is 0 Å². The second-order valence-corrected chi connectivity index (χ2v) is 5.49. The van der Waals surface area contributed by atoms with Crippen LogP contribution < -0.4 is 15.2 Å². The molecule has 0 radical (unpaired) electrons. The van der Waals surface area contributed by atoms with Crippen molar-refractivity contribution < 1.29 is 9.47 Å². The summed E-state index contributed by atoms with van der Waals surface area (Å²) in [6.45, 7) is 2.56. The van der Waals surface area contributed by atoms with Gasteiger partial charge in [0.25, 0.3) is 0 Å². The highest BCUT2D eigenvalue weighted by molar-refractivity contribution is 5.44. The van der Waals surface area contributed by atoms with Crippen molar-refractivity contribution in [1.29, 1.82) is 0 Å². The summed E-state index contributed by atoms with van der Waals surface area (Å²) in [5.74, 6) is 1.72. The Morgan fingerprint density at radius 2 is 1.95 bits per heavy atom. The summed E-state index contributed by atoms with van der Waals surface area (Å²) in [4.78, 5) is 2.34. The van der Waals surface area contributed by atoms with Crippen LogP contribution in [0.1, 0.15) is 30.9 Å². The molecule has 0 saturated carbocycles. The lowest BCUT2D eigenvalue weighted by Gasteiger charge is -2.37. The molecule has 1 aromatic carbocycles. The fraction of sp³-hybridized carbons (Fsp3) is 0.600. The third kappa shape index (κ3) is 2.55. The molecule has 2 N–H and O–H groups in total. The van der Waals surface area contributed by atoms with Gasteiger partial charge in [0, 0.05) is 18.5 Å². The molecule has 4 nitrogen and oxygen atoms in total. The van der Waals surface area contributed by atoms with E-state index in [1.165, 1.54) is 12.0 Å². The number of rotatable bonds is 1. The standard InChI is InChI=1S/C15H22N2O2/c1-17-7-2-4-12(16)15(17)11-5-6-13-14(10-11)19-9-3-8-18-13/h5-6,10,12,15H,2-4,7-9,16H2,1H3. The number of likely N-dealkylation sites (N-methyl/N-ethyl adjacent to an activating group) is 1. The number of benzene rings is 1. The topological polar surface area (TPSA) is 47.7 Å². The normalized spacial score (nSPS) is 27.9. The monoisotopic (exact) mass is 262 g/mol. The van der Waals surface area contributed by atoms with Crippen molar-refractivity contribution in [2.24, 2.45) is 5.73 Å². The Kier molecular flexibility index (Phi) is 3.62. The quantitative estimate of drug-likeness (QED) is 0.840. The Balaban J connectivity index is 1.90. The Morgan fingerprint density at radius 1 is 1.16 bits per heavy atom. The molecule has 19 heavy (non-hydrogen) atoms. The summed E-state index contributed by atoms with van der Waals surface area (Å²) in [6.07, 6.45) is 3.20. The van der Waals surface area contributed by atoms with Crippen molar-refractivity contribution in [1.82, 2.24) is 4.90 Å². The molecule has 0 amide bonds. The number of hydrogen-bond acceptors (Lipinski definition) is 4. The summed E-state index contributed by atoms with van der Waals surface area (Å²) >= 11 is 0. The lowest BCUT2D eigenvalue weighted by Crippen LogP contribution is -2.43. The number of fused-ring (bicyclic) bond motifs is 1. The van der Waals surface area contributed by atoms with Gasteiger partial charge in [-0.25, -0.2) is 0 Å². The van der Waals surface area contributed by atoms with Gasteiger partial charge in [0.1, 0.15) is 0 Å². The molecular weight excluding hydrogens is 240 g/mol. The molecule has 3 rings (SSSR count). The Labute approximate surface area is 114 Å². The molecule has 0 bridgehead atoms. The molecule has 2 heterocycles. The van der Waals surface area contributed by atoms with Gasteiger partial charge in [0.05, 0.1) is 13.2 Å². The largest absolute Gasteiger partial charge is 0.490 e. The van der Waals surface area contributed by atoms with E-state index in [1.54, 1.807) is 0 Å². The minimum absolute atomic E-state index is 0.198. The molecule has 2 aliphatic rings. The van der Waals surface area contributed by atoms with Gasteiger partial charge >= 0.3 is 0 Å². The molecule has 2 unspecified atom stereocenters. The number of piperidine rings is 1. The highest BCUT2D eigenvalue weighted by Gasteiger charge is 2.28. The van der Waals surface area contributed by atoms with Crippen LogP contribution in [0.5, 0.6) is 11.5 Å². The van der Waals surface area contributed by atoms with Gasteiger partial charge in [-0.05, 0) is 44.1 Å². The Bertz CT molecular complexity index is 440. The third-order valence-corrected chi connectivity index (χ3v) is 4.04. The number of ether oxygens (including phenoxy) is 2. The molecule has 4 heteroatoms. The predicted molar refractivity (Wildman–Crippen MR) is 74.6 cm³/mol. The average Bonchev–Trinajstić information content (AvgIpc) is 2.63. The molecule has 2 atom stereocenters. The van der Waals surface area contributed by atoms with Crippen LogP contribution >= 0.6 is 0 Å². The van der Waals surface area contributed by atoms with Crippen molar-refractivity contribution in [2.45, 2.75) is 31.3 Å². The Hall–Kier alpha value is -1.26. The summed E-state index contributed by atoms with van der Waals surface area (Å²) in [6, 6.07) is 6.73. The van der Waals surface area contributed by atoms with E-state index in [1.807, 2.05) is 6.07 Å². The van der Waals surface area contributed by atoms with E-state index in [0.717, 1.165) is 44.1 Å². The van der Waals surface area contributed by atoms with Gasteiger partial charge < -0.3 is 15.2 Å². The highest BCUT2D eigenvalue weighted by Crippen LogP contribution is 2.36. The van der Waals surface area contributed by atoms with Gasteiger partial charge in [0.15, 0.2) is 11.5 Å². The van der Waals surface area contributed by atoms with Crippen molar-refractivity contribution in [3.63, 3.8) is 0 Å². The van der Waals surface area contributed by atoms with E-state index < -0.39 is 0 Å². The van der Waals surface area contributed by atoms with E-state index >= 15 is 0 Å². The predicted octanol–water partition coefficient (Wildman–Crippen LogP) is 1.94. The van der Waals surface area contributed by atoms with Crippen LogP contribution in [0.3, 0.4) is 0 Å². The summed E-state index contributed by atoms with van der Waals surface area (Å²) < 4.78 is 11.4. The van der Waals surface area contributed by atoms with Crippen molar-refractivity contribution in [3.8, 4) is 11.5 Å². The minimum Gasteiger partial charge on any atom is -0.490 e. The van der Waals surface area contributed by atoms with E-state index in [4.69, 9.17) is 15.2 Å². The van der Waals surface area contributed by atoms with Crippen LogP contribution in [-0.4, -0.2) is 37.7 Å². The van der Waals surface area contributed by atoms with E-state index in [9.17, 15) is 0 Å². The number of nitrogens with zero attached hydrogens (tertiary/aromatic N) is 1. The maximum Gasteiger partial charge on any atom is 0.161 e. The molecule has 0 aromatic heterocycles. The first-order valence-corrected chi connectivity index (χ1v) is 7.11. The summed E-state index contributed by atoms with van der Waals surface area (Å²) in [7, 11) is 2.15. The fourth-order valence-electron chi connectivity index (χ4n) is 3.07. The number of nitrogens with two attached hydrogens (primary N) is 1. The highest BCUT2D eigenvalue weighted by atomic mass is 16.5. The zero-order chi connectivity index (χ0) is 13.2. The van der Waals surface area contributed by atoms with Crippen molar-refractivity contribution in [3.05, 3.63) is 23.8 Å². The van der Waals surface area contributed by atoms with Gasteiger partial charge in [-0.2, -0.15) is 0 Å². The molecule has 2 aliphatic heterocycles. The van der Waals surface area contributed by atoms with E-state index in [2.05, 4.69) is 24.1 Å². The lowest BCUT2D eigenvalue weighted by atomic mass is 9.91. The maximum atomic E-state index is 6.29. The molecule has 104 valence electrons. The lowest BCUT2D eigenvalue weighted by molar-refractivity contribution is 0.162. The first-order chi connectivity index (χ1) is 9.25. The third-order valence-electron chi connectivity index (χ3n) is 4.04. The van der Waals surface area contributed by atoms with Gasteiger partial charge in [-0.15, -0.1) is 0 Å². The van der Waals surface area contributed by atoms with Crippen LogP contribution in [0, 0.1) is 0 Å². The molecular formula is C15H22N2O2. The van der Waals surface area contributed by atoms with Gasteiger partial charge in [-0.3, -0.25) is 4.90 Å². The first-order valence-electron chi connectivity index (χ1n) is 7.11. The Morgan fingerprint density at radius 3 is 2.74 bits per heavy atom. The average molecular weight is 262 g/mol. The summed E-state index contributed by atoms with van der Waals surface area (Å²) in [5.41, 5.74) is 7.53. The van der Waals surface area contributed by atoms with Crippen LogP contribution in [0.2, 0.25) is 0 Å². The minimum atomic E-state index is 0.198. The van der Waals surface area contributed by atoms with Crippen molar-refractivity contribution >= 4 is 0 Å². The zero-order valence-corrected chi connectivity index (χ0v) is 11.5. The smallest absolute Gasteiger partial charge is 0.161 e. The van der Waals surface area contributed by atoms with E-state index in [-0.39, 0.29) is 12.1 Å². The van der Waals surface area contributed by atoms with Crippen molar-refractivity contribution in [2.75, 3.05) is 26.8 Å². The fourth-order valence-corrected chi connectivity index (χ4v) is 3.07. The maximum absolute atomic E-state index is 6.29. The molecule has 1 fully saturated rings. The molecule has 1 aromatic rings. The molecule has 1 saturated heterocycles. The number of hydrogen-bond donors (Lipinski definition) is 1. The van der Waals surface area contributed by atoms with Gasteiger partial charge in [0.2, 0.25) is 0 Å². The van der Waals surface area contributed by atoms with Gasteiger partial charge in [-0.1, -0.05) is 6.07 Å². The second kappa shape index (κ2) is 5.39. The second-order valence-electron chi connectivity index (χ2n) is 5.49. The van der Waals surface area contributed by atoms with E-state index in [0.29, 0.717) is 0 Å². The first kappa shape index (κ1) is 12.8. The molecule has 0 aliphatic carbocycles. The van der Waals surface area contributed by atoms with Crippen LogP contribution in [0.4, 0.5) is 0 Å². The summed E-state index contributed by atoms with van der Waals surface area (Å²) in [5, 5.41) is 0. The SMILES string of the molecule is CN1CCCC(N)C1c1ccc2c(c1)OCCCO2. The van der Waals surface area contributed by atoms with Crippen LogP contribution in [0.15, 0.2) is 18.2 Å². The molecule has 0 spiro atoms.